The van der Waals surface area contributed by atoms with Crippen LogP contribution in [-0.2, 0) is 0 Å². The van der Waals surface area contributed by atoms with E-state index >= 15 is 0 Å². The van der Waals surface area contributed by atoms with Gasteiger partial charge in [0.05, 0.1) is 7.11 Å². The first-order valence-electron chi connectivity index (χ1n) is 7.15. The highest BCUT2D eigenvalue weighted by Crippen LogP contribution is 2.51. The zero-order valence-electron chi connectivity index (χ0n) is 12.3. The summed E-state index contributed by atoms with van der Waals surface area (Å²) in [5, 5.41) is 10.4. The number of fused-ring (bicyclic) bond motifs is 2. The molecule has 6 heteroatoms. The van der Waals surface area contributed by atoms with Gasteiger partial charge in [-0.15, -0.1) is 0 Å². The molecule has 23 heavy (non-hydrogen) atoms. The molecule has 2 aliphatic heterocycles. The Bertz CT molecular complexity index is 770. The van der Waals surface area contributed by atoms with E-state index in [9.17, 15) is 9.90 Å². The number of carbonyl (C=O) groups is 1. The van der Waals surface area contributed by atoms with E-state index in [1.165, 1.54) is 7.11 Å². The highest BCUT2D eigenvalue weighted by molar-refractivity contribution is 6.06. The number of hydrogen-bond donors (Lipinski definition) is 1. The number of ether oxygens (including phenoxy) is 4. The third kappa shape index (κ3) is 2.03. The molecule has 6 nitrogen and oxygen atoms in total. The van der Waals surface area contributed by atoms with Crippen molar-refractivity contribution in [2.75, 3.05) is 13.9 Å². The summed E-state index contributed by atoms with van der Waals surface area (Å²) in [6, 6.07) is 10.7. The summed E-state index contributed by atoms with van der Waals surface area (Å²) in [5.41, 5.74) is 0.895. The minimum atomic E-state index is -1.32. The van der Waals surface area contributed by atoms with E-state index in [4.69, 9.17) is 18.9 Å². The third-order valence-corrected chi connectivity index (χ3v) is 3.97. The van der Waals surface area contributed by atoms with Crippen LogP contribution in [0.1, 0.15) is 22.0 Å². The number of carbonyl (C=O) groups excluding carboxylic acids is 1. The van der Waals surface area contributed by atoms with Gasteiger partial charge < -0.3 is 24.1 Å². The SMILES string of the molecule is COc1c2c(cc3c1C(=O)[C@H](O)[C@@H](c1ccccc1)O3)OCO2. The largest absolute Gasteiger partial charge is 0.492 e. The zero-order chi connectivity index (χ0) is 16.0. The molecule has 2 aromatic carbocycles. The van der Waals surface area contributed by atoms with Crippen LogP contribution >= 0.6 is 0 Å². The van der Waals surface area contributed by atoms with Crippen LogP contribution < -0.4 is 18.9 Å². The first-order valence-corrected chi connectivity index (χ1v) is 7.15. The lowest BCUT2D eigenvalue weighted by molar-refractivity contribution is 0.0210. The number of benzene rings is 2. The number of aliphatic hydroxyl groups excluding tert-OH is 1. The Morgan fingerprint density at radius 1 is 1.17 bits per heavy atom. The molecule has 1 N–H and O–H groups in total. The van der Waals surface area contributed by atoms with E-state index in [-0.39, 0.29) is 18.1 Å². The topological polar surface area (TPSA) is 74.2 Å². The summed E-state index contributed by atoms with van der Waals surface area (Å²) >= 11 is 0. The molecule has 0 amide bonds. The molecule has 2 heterocycles. The lowest BCUT2D eigenvalue weighted by Gasteiger charge is -2.30. The maximum Gasteiger partial charge on any atom is 0.231 e. The molecule has 0 fully saturated rings. The molecule has 2 aromatic rings. The Hall–Kier alpha value is -2.73. The van der Waals surface area contributed by atoms with Gasteiger partial charge in [0.25, 0.3) is 0 Å². The van der Waals surface area contributed by atoms with Crippen LogP contribution in [0.15, 0.2) is 36.4 Å². The minimum absolute atomic E-state index is 0.0491. The van der Waals surface area contributed by atoms with E-state index in [2.05, 4.69) is 0 Å². The molecule has 0 aliphatic carbocycles. The van der Waals surface area contributed by atoms with Gasteiger partial charge in [-0.2, -0.15) is 0 Å². The second-order valence-corrected chi connectivity index (χ2v) is 5.27. The summed E-state index contributed by atoms with van der Waals surface area (Å²) in [5.74, 6) is 0.890. The van der Waals surface area contributed by atoms with E-state index in [1.54, 1.807) is 18.2 Å². The highest BCUT2D eigenvalue weighted by Gasteiger charge is 2.41. The summed E-state index contributed by atoms with van der Waals surface area (Å²) in [6.45, 7) is 0.0491. The smallest absolute Gasteiger partial charge is 0.231 e. The Morgan fingerprint density at radius 3 is 2.70 bits per heavy atom. The molecule has 0 radical (unpaired) electrons. The van der Waals surface area contributed by atoms with Crippen LogP contribution in [0.25, 0.3) is 0 Å². The van der Waals surface area contributed by atoms with Gasteiger partial charge in [0.15, 0.2) is 23.7 Å². The molecule has 2 aliphatic rings. The second-order valence-electron chi connectivity index (χ2n) is 5.27. The van der Waals surface area contributed by atoms with Crippen LogP contribution in [0.5, 0.6) is 23.0 Å². The maximum absolute atomic E-state index is 12.7. The minimum Gasteiger partial charge on any atom is -0.492 e. The van der Waals surface area contributed by atoms with Gasteiger partial charge >= 0.3 is 0 Å². The van der Waals surface area contributed by atoms with Crippen LogP contribution in [0.3, 0.4) is 0 Å². The highest BCUT2D eigenvalue weighted by atomic mass is 16.7. The Morgan fingerprint density at radius 2 is 1.96 bits per heavy atom. The van der Waals surface area contributed by atoms with Gasteiger partial charge in [-0.3, -0.25) is 4.79 Å². The molecular weight excluding hydrogens is 300 g/mol. The van der Waals surface area contributed by atoms with E-state index < -0.39 is 18.0 Å². The summed E-state index contributed by atoms with van der Waals surface area (Å²) in [6.07, 6.45) is -2.10. The van der Waals surface area contributed by atoms with Crippen LogP contribution in [0.2, 0.25) is 0 Å². The molecule has 0 spiro atoms. The van der Waals surface area contributed by atoms with Crippen molar-refractivity contribution in [3.8, 4) is 23.0 Å². The number of hydrogen-bond acceptors (Lipinski definition) is 6. The van der Waals surface area contributed by atoms with Gasteiger partial charge in [0.1, 0.15) is 11.3 Å². The van der Waals surface area contributed by atoms with Crippen LogP contribution in [0, 0.1) is 0 Å². The predicted octanol–water partition coefficient (Wildman–Crippen LogP) is 2.10. The van der Waals surface area contributed by atoms with Gasteiger partial charge in [-0.05, 0) is 5.56 Å². The van der Waals surface area contributed by atoms with Crippen molar-refractivity contribution in [2.24, 2.45) is 0 Å². The third-order valence-electron chi connectivity index (χ3n) is 3.97. The molecule has 4 rings (SSSR count). The van der Waals surface area contributed by atoms with Crippen molar-refractivity contribution in [3.05, 3.63) is 47.5 Å². The fourth-order valence-electron chi connectivity index (χ4n) is 2.89. The lowest BCUT2D eigenvalue weighted by Crippen LogP contribution is -2.36. The molecule has 2 atom stereocenters. The van der Waals surface area contributed by atoms with E-state index in [0.29, 0.717) is 17.2 Å². The van der Waals surface area contributed by atoms with Crippen molar-refractivity contribution in [1.29, 1.82) is 0 Å². The predicted molar refractivity (Wildman–Crippen MR) is 79.3 cm³/mol. The zero-order valence-corrected chi connectivity index (χ0v) is 12.3. The Labute approximate surface area is 132 Å². The molecule has 0 saturated carbocycles. The lowest BCUT2D eigenvalue weighted by atomic mass is 9.92. The molecule has 0 bridgehead atoms. The fraction of sp³-hybridized carbons (Fsp3) is 0.235. The van der Waals surface area contributed by atoms with Crippen LogP contribution in [-0.4, -0.2) is 30.9 Å². The summed E-state index contributed by atoms with van der Waals surface area (Å²) in [4.78, 5) is 12.7. The standard InChI is InChI=1S/C17H14O6/c1-20-17-12-10(7-11-16(17)22-8-21-11)23-15(14(19)13(12)18)9-5-3-2-4-6-9/h2-7,14-15,19H,8H2,1H3/t14-,15+/m0/s1. The quantitative estimate of drug-likeness (QED) is 0.915. The molecule has 0 saturated heterocycles. The molecule has 0 unspecified atom stereocenters. The second kappa shape index (κ2) is 5.17. The molecule has 0 aromatic heterocycles. The average molecular weight is 314 g/mol. The Kier molecular flexibility index (Phi) is 3.12. The number of methoxy groups -OCH3 is 1. The van der Waals surface area contributed by atoms with E-state index in [0.717, 1.165) is 5.56 Å². The average Bonchev–Trinajstić information content (AvgIpc) is 3.05. The number of ketones is 1. The fourth-order valence-corrected chi connectivity index (χ4v) is 2.89. The monoisotopic (exact) mass is 314 g/mol. The molecule has 118 valence electrons. The van der Waals surface area contributed by atoms with Gasteiger partial charge in [-0.25, -0.2) is 0 Å². The normalized spacial score (nSPS) is 21.6. The van der Waals surface area contributed by atoms with Gasteiger partial charge in [-0.1, -0.05) is 30.3 Å². The Balaban J connectivity index is 1.85. The summed E-state index contributed by atoms with van der Waals surface area (Å²) in [7, 11) is 1.43. The van der Waals surface area contributed by atoms with Gasteiger partial charge in [0.2, 0.25) is 18.3 Å². The van der Waals surface area contributed by atoms with Crippen molar-refractivity contribution in [3.63, 3.8) is 0 Å². The van der Waals surface area contributed by atoms with Crippen LogP contribution in [0.4, 0.5) is 0 Å². The maximum atomic E-state index is 12.7. The first-order chi connectivity index (χ1) is 11.2. The van der Waals surface area contributed by atoms with Crippen molar-refractivity contribution in [1.82, 2.24) is 0 Å². The number of aliphatic hydroxyl groups is 1. The number of rotatable bonds is 2. The van der Waals surface area contributed by atoms with Crippen molar-refractivity contribution >= 4 is 5.78 Å². The molecular formula is C17H14O6. The van der Waals surface area contributed by atoms with Crippen molar-refractivity contribution in [2.45, 2.75) is 12.2 Å². The summed E-state index contributed by atoms with van der Waals surface area (Å²) < 4.78 is 21.9. The first kappa shape index (κ1) is 13.9. The van der Waals surface area contributed by atoms with Gasteiger partial charge in [0, 0.05) is 6.07 Å². The number of Topliss-reactive ketones (excluding diaryl/α,β-unsaturated/α-hetero) is 1. The van der Waals surface area contributed by atoms with E-state index in [1.807, 2.05) is 18.2 Å². The van der Waals surface area contributed by atoms with Crippen molar-refractivity contribution < 1.29 is 28.8 Å².